The van der Waals surface area contributed by atoms with Crippen molar-refractivity contribution in [3.05, 3.63) is 35.9 Å². The van der Waals surface area contributed by atoms with Gasteiger partial charge < -0.3 is 14.5 Å². The number of likely N-dealkylation sites (N-methyl/N-ethyl adjacent to an activating group) is 1. The maximum absolute atomic E-state index is 13.0. The number of hydrogen-bond donors (Lipinski definition) is 0. The van der Waals surface area contributed by atoms with E-state index >= 15 is 0 Å². The van der Waals surface area contributed by atoms with Crippen LogP contribution < -0.4 is 0 Å². The van der Waals surface area contributed by atoms with Crippen LogP contribution in [0.15, 0.2) is 30.3 Å². The van der Waals surface area contributed by atoms with Crippen LogP contribution in [0.1, 0.15) is 32.4 Å². The summed E-state index contributed by atoms with van der Waals surface area (Å²) in [5, 5.41) is 0. The normalized spacial score (nSPS) is 16.7. The van der Waals surface area contributed by atoms with Gasteiger partial charge in [-0.1, -0.05) is 30.3 Å². The largest absolute Gasteiger partial charge is 0.444 e. The highest BCUT2D eigenvalue weighted by Gasteiger charge is 2.32. The fraction of sp³-hybridized carbons (Fsp3) is 0.579. The summed E-state index contributed by atoms with van der Waals surface area (Å²) in [5.41, 5.74) is 0.472. The molecule has 25 heavy (non-hydrogen) atoms. The second-order valence-electron chi connectivity index (χ2n) is 7.57. The topological polar surface area (TPSA) is 53.1 Å². The number of benzene rings is 1. The number of carbonyl (C=O) groups excluding carboxylic acids is 2. The van der Waals surface area contributed by atoms with Gasteiger partial charge in [0, 0.05) is 26.2 Å². The molecule has 0 radical (unpaired) electrons. The molecule has 0 aliphatic carbocycles. The zero-order valence-corrected chi connectivity index (χ0v) is 15.9. The van der Waals surface area contributed by atoms with Crippen molar-refractivity contribution in [3.8, 4) is 0 Å². The molecule has 1 aromatic rings. The van der Waals surface area contributed by atoms with Crippen LogP contribution in [-0.4, -0.2) is 72.6 Å². The average molecular weight is 347 g/mol. The van der Waals surface area contributed by atoms with Crippen LogP contribution in [0, 0.1) is 0 Å². The van der Waals surface area contributed by atoms with E-state index in [1.807, 2.05) is 75.0 Å². The first kappa shape index (κ1) is 19.2. The number of carbonyl (C=O) groups is 2. The minimum atomic E-state index is -0.507. The zero-order chi connectivity index (χ0) is 18.6. The lowest BCUT2D eigenvalue weighted by Gasteiger charge is -2.38. The molecule has 1 aliphatic rings. The van der Waals surface area contributed by atoms with E-state index in [2.05, 4.69) is 0 Å². The Labute approximate surface area is 150 Å². The minimum absolute atomic E-state index is 0.0695. The zero-order valence-electron chi connectivity index (χ0n) is 15.9. The van der Waals surface area contributed by atoms with Crippen molar-refractivity contribution < 1.29 is 14.3 Å². The van der Waals surface area contributed by atoms with E-state index in [1.165, 1.54) is 0 Å². The van der Waals surface area contributed by atoms with Crippen molar-refractivity contribution in [1.29, 1.82) is 0 Å². The highest BCUT2D eigenvalue weighted by atomic mass is 16.6. The van der Waals surface area contributed by atoms with E-state index in [-0.39, 0.29) is 18.0 Å². The van der Waals surface area contributed by atoms with Crippen LogP contribution in [0.3, 0.4) is 0 Å². The Morgan fingerprint density at radius 2 is 1.52 bits per heavy atom. The Kier molecular flexibility index (Phi) is 6.06. The lowest BCUT2D eigenvalue weighted by atomic mass is 10.0. The van der Waals surface area contributed by atoms with Crippen LogP contribution >= 0.6 is 0 Å². The minimum Gasteiger partial charge on any atom is -0.444 e. The molecule has 1 saturated heterocycles. The first-order valence-electron chi connectivity index (χ1n) is 8.67. The highest BCUT2D eigenvalue weighted by molar-refractivity contribution is 5.83. The molecule has 138 valence electrons. The summed E-state index contributed by atoms with van der Waals surface area (Å²) < 4.78 is 5.40. The monoisotopic (exact) mass is 347 g/mol. The first-order chi connectivity index (χ1) is 11.7. The maximum Gasteiger partial charge on any atom is 0.410 e. The molecule has 1 fully saturated rings. The number of rotatable bonds is 3. The molecule has 0 aromatic heterocycles. The second-order valence-corrected chi connectivity index (χ2v) is 7.57. The molecule has 2 rings (SSSR count). The number of amides is 2. The van der Waals surface area contributed by atoms with E-state index in [9.17, 15) is 9.59 Å². The summed E-state index contributed by atoms with van der Waals surface area (Å²) >= 11 is 0. The summed E-state index contributed by atoms with van der Waals surface area (Å²) in [6.07, 6.45) is -0.313. The predicted octanol–water partition coefficient (Wildman–Crippen LogP) is 2.37. The van der Waals surface area contributed by atoms with Crippen molar-refractivity contribution >= 4 is 12.0 Å². The number of hydrogen-bond acceptors (Lipinski definition) is 4. The molecule has 0 spiro atoms. The lowest BCUT2D eigenvalue weighted by Crippen LogP contribution is -2.53. The van der Waals surface area contributed by atoms with Crippen molar-refractivity contribution in [2.75, 3.05) is 40.3 Å². The molecule has 0 saturated carbocycles. The van der Waals surface area contributed by atoms with Crippen LogP contribution in [-0.2, 0) is 9.53 Å². The summed E-state index contributed by atoms with van der Waals surface area (Å²) in [4.78, 5) is 30.6. The van der Waals surface area contributed by atoms with Crippen LogP contribution in [0.4, 0.5) is 4.79 Å². The molecule has 1 atom stereocenters. The van der Waals surface area contributed by atoms with Gasteiger partial charge in [-0.15, -0.1) is 0 Å². The van der Waals surface area contributed by atoms with E-state index in [4.69, 9.17) is 4.74 Å². The van der Waals surface area contributed by atoms with Gasteiger partial charge in [-0.25, -0.2) is 4.79 Å². The van der Waals surface area contributed by atoms with Gasteiger partial charge >= 0.3 is 6.09 Å². The second kappa shape index (κ2) is 7.87. The molecule has 1 unspecified atom stereocenters. The molecule has 0 bridgehead atoms. The standard InChI is InChI=1S/C19H29N3O3/c1-19(2,3)25-18(24)22-13-11-21(12-14-22)17(23)16(20(4)5)15-9-7-6-8-10-15/h6-10,16H,11-14H2,1-5H3. The predicted molar refractivity (Wildman–Crippen MR) is 97.3 cm³/mol. The Morgan fingerprint density at radius 1 is 1.00 bits per heavy atom. The third-order valence-corrected chi connectivity index (χ3v) is 4.11. The van der Waals surface area contributed by atoms with Gasteiger partial charge in [-0.3, -0.25) is 9.69 Å². The summed E-state index contributed by atoms with van der Waals surface area (Å²) in [6, 6.07) is 9.47. The molecule has 2 amide bonds. The van der Waals surface area contributed by atoms with Gasteiger partial charge in [0.25, 0.3) is 0 Å². The van der Waals surface area contributed by atoms with Crippen molar-refractivity contribution in [2.24, 2.45) is 0 Å². The average Bonchev–Trinajstić information content (AvgIpc) is 2.54. The van der Waals surface area contributed by atoms with Gasteiger partial charge in [-0.2, -0.15) is 0 Å². The summed E-state index contributed by atoms with van der Waals surface area (Å²) in [5.74, 6) is 0.0695. The van der Waals surface area contributed by atoms with Gasteiger partial charge in [0.2, 0.25) is 5.91 Å². The maximum atomic E-state index is 13.0. The number of ether oxygens (including phenoxy) is 1. The Balaban J connectivity index is 1.99. The fourth-order valence-corrected chi connectivity index (χ4v) is 2.91. The van der Waals surface area contributed by atoms with E-state index in [0.29, 0.717) is 26.2 Å². The summed E-state index contributed by atoms with van der Waals surface area (Å²) in [7, 11) is 3.82. The molecule has 1 aromatic carbocycles. The smallest absolute Gasteiger partial charge is 0.410 e. The van der Waals surface area contributed by atoms with E-state index in [0.717, 1.165) is 5.56 Å². The highest BCUT2D eigenvalue weighted by Crippen LogP contribution is 2.22. The third kappa shape index (κ3) is 5.19. The molecule has 6 nitrogen and oxygen atoms in total. The molecule has 0 N–H and O–H groups in total. The van der Waals surface area contributed by atoms with Crippen molar-refractivity contribution in [2.45, 2.75) is 32.4 Å². The molecule has 1 heterocycles. The van der Waals surface area contributed by atoms with Crippen LogP contribution in [0.2, 0.25) is 0 Å². The Hall–Kier alpha value is -2.08. The molecule has 1 aliphatic heterocycles. The van der Waals surface area contributed by atoms with Gasteiger partial charge in [0.1, 0.15) is 11.6 Å². The molecule has 6 heteroatoms. The number of nitrogens with zero attached hydrogens (tertiary/aromatic N) is 3. The van der Waals surface area contributed by atoms with Gasteiger partial charge in [-0.05, 0) is 40.4 Å². The SMILES string of the molecule is CN(C)C(C(=O)N1CCN(C(=O)OC(C)(C)C)CC1)c1ccccc1. The Morgan fingerprint density at radius 3 is 2.00 bits per heavy atom. The third-order valence-electron chi connectivity index (χ3n) is 4.11. The Bertz CT molecular complexity index is 588. The van der Waals surface area contributed by atoms with Crippen LogP contribution in [0.25, 0.3) is 0 Å². The van der Waals surface area contributed by atoms with Gasteiger partial charge in [0.15, 0.2) is 0 Å². The number of piperazine rings is 1. The van der Waals surface area contributed by atoms with E-state index in [1.54, 1.807) is 4.90 Å². The van der Waals surface area contributed by atoms with Crippen LogP contribution in [0.5, 0.6) is 0 Å². The quantitative estimate of drug-likeness (QED) is 0.842. The van der Waals surface area contributed by atoms with Crippen molar-refractivity contribution in [3.63, 3.8) is 0 Å². The fourth-order valence-electron chi connectivity index (χ4n) is 2.91. The summed E-state index contributed by atoms with van der Waals surface area (Å²) in [6.45, 7) is 7.60. The first-order valence-corrected chi connectivity index (χ1v) is 8.67. The van der Waals surface area contributed by atoms with E-state index < -0.39 is 5.60 Å². The molecular weight excluding hydrogens is 318 g/mol. The lowest BCUT2D eigenvalue weighted by molar-refractivity contribution is -0.138. The van der Waals surface area contributed by atoms with Gasteiger partial charge in [0.05, 0.1) is 0 Å². The van der Waals surface area contributed by atoms with Crippen molar-refractivity contribution in [1.82, 2.24) is 14.7 Å². The molecular formula is C19H29N3O3.